The van der Waals surface area contributed by atoms with Gasteiger partial charge in [-0.25, -0.2) is 13.9 Å². The van der Waals surface area contributed by atoms with Gasteiger partial charge >= 0.3 is 0 Å². The summed E-state index contributed by atoms with van der Waals surface area (Å²) in [6, 6.07) is 13.8. The van der Waals surface area contributed by atoms with E-state index in [2.05, 4.69) is 4.72 Å². The number of carbonyl (C=O) groups is 1. The summed E-state index contributed by atoms with van der Waals surface area (Å²) < 4.78 is 33.1. The number of ether oxygens (including phenoxy) is 1. The van der Waals surface area contributed by atoms with Gasteiger partial charge in [0.05, 0.1) is 4.90 Å². The van der Waals surface area contributed by atoms with Crippen LogP contribution >= 0.6 is 0 Å². The molecule has 2 rings (SSSR count). The van der Waals surface area contributed by atoms with Gasteiger partial charge in [-0.15, -0.1) is 0 Å². The third kappa shape index (κ3) is 5.04. The van der Waals surface area contributed by atoms with Gasteiger partial charge in [0.1, 0.15) is 17.5 Å². The quantitative estimate of drug-likeness (QED) is 0.529. The highest BCUT2D eigenvalue weighted by molar-refractivity contribution is 7.89. The number of hydroxylamine groups is 1. The lowest BCUT2D eigenvalue weighted by molar-refractivity contribution is -0.133. The van der Waals surface area contributed by atoms with E-state index in [4.69, 9.17) is 9.94 Å². The third-order valence-electron chi connectivity index (χ3n) is 3.62. The summed E-state index contributed by atoms with van der Waals surface area (Å²) in [6.07, 6.45) is 0. The Hall–Kier alpha value is -2.42. The van der Waals surface area contributed by atoms with Gasteiger partial charge in [0.2, 0.25) is 10.0 Å². The Bertz CT molecular complexity index is 843. The smallest absolute Gasteiger partial charge is 0.262 e. The minimum absolute atomic E-state index is 0.0158. The van der Waals surface area contributed by atoms with Crippen molar-refractivity contribution in [2.45, 2.75) is 31.7 Å². The topological polar surface area (TPSA) is 105 Å². The molecular formula is C18H22N2O5S. The number of para-hydroxylation sites is 1. The van der Waals surface area contributed by atoms with Gasteiger partial charge in [-0.3, -0.25) is 10.0 Å². The number of benzene rings is 2. The highest BCUT2D eigenvalue weighted by Crippen LogP contribution is 2.24. The number of sulfonamides is 1. The molecule has 0 saturated heterocycles. The monoisotopic (exact) mass is 378 g/mol. The summed E-state index contributed by atoms with van der Waals surface area (Å²) in [6.45, 7) is 5.06. The van der Waals surface area contributed by atoms with E-state index in [9.17, 15) is 13.2 Å². The number of hydrogen-bond acceptors (Lipinski definition) is 5. The SMILES string of the molecule is CC(C)(C)[C@@H](NS(=O)(=O)c1ccc(Oc2ccccc2)cc1)C(=O)NO. The second-order valence-electron chi connectivity index (χ2n) is 6.78. The first-order valence-corrected chi connectivity index (χ1v) is 9.41. The molecular weight excluding hydrogens is 356 g/mol. The molecule has 0 aromatic heterocycles. The lowest BCUT2D eigenvalue weighted by Gasteiger charge is -2.29. The maximum absolute atomic E-state index is 12.6. The molecule has 8 heteroatoms. The van der Waals surface area contributed by atoms with Crippen LogP contribution in [0.4, 0.5) is 0 Å². The van der Waals surface area contributed by atoms with Crippen molar-refractivity contribution in [3.8, 4) is 11.5 Å². The second-order valence-corrected chi connectivity index (χ2v) is 8.50. The highest BCUT2D eigenvalue weighted by atomic mass is 32.2. The van der Waals surface area contributed by atoms with Crippen LogP contribution in [0.1, 0.15) is 20.8 Å². The number of carbonyl (C=O) groups excluding carboxylic acids is 1. The summed E-state index contributed by atoms with van der Waals surface area (Å²) in [5, 5.41) is 8.86. The van der Waals surface area contributed by atoms with E-state index in [0.717, 1.165) is 0 Å². The number of amides is 1. The van der Waals surface area contributed by atoms with Crippen LogP contribution in [-0.2, 0) is 14.8 Å². The van der Waals surface area contributed by atoms with E-state index in [1.54, 1.807) is 32.9 Å². The van der Waals surface area contributed by atoms with E-state index in [1.807, 2.05) is 18.2 Å². The first-order valence-electron chi connectivity index (χ1n) is 7.93. The van der Waals surface area contributed by atoms with Crippen LogP contribution in [0.5, 0.6) is 11.5 Å². The van der Waals surface area contributed by atoms with Crippen molar-refractivity contribution in [3.05, 3.63) is 54.6 Å². The van der Waals surface area contributed by atoms with Gasteiger partial charge in [-0.1, -0.05) is 39.0 Å². The van der Waals surface area contributed by atoms with Crippen LogP contribution in [0.3, 0.4) is 0 Å². The fourth-order valence-electron chi connectivity index (χ4n) is 2.22. The zero-order chi connectivity index (χ0) is 19.4. The first-order chi connectivity index (χ1) is 12.1. The van der Waals surface area contributed by atoms with E-state index in [-0.39, 0.29) is 4.90 Å². The maximum Gasteiger partial charge on any atom is 0.262 e. The molecule has 0 radical (unpaired) electrons. The standard InChI is InChI=1S/C18H22N2O5S/c1-18(2,3)16(17(21)19-22)20-26(23,24)15-11-9-14(10-12-15)25-13-7-5-4-6-8-13/h4-12,16,20,22H,1-3H3,(H,19,21)/t16-/m0/s1. The van der Waals surface area contributed by atoms with E-state index in [1.165, 1.54) is 29.7 Å². The Balaban J connectivity index is 2.19. The van der Waals surface area contributed by atoms with Gasteiger partial charge in [-0.2, -0.15) is 4.72 Å². The van der Waals surface area contributed by atoms with E-state index >= 15 is 0 Å². The van der Waals surface area contributed by atoms with Crippen LogP contribution in [0.2, 0.25) is 0 Å². The number of hydrogen-bond donors (Lipinski definition) is 3. The summed E-state index contributed by atoms with van der Waals surface area (Å²) >= 11 is 0. The summed E-state index contributed by atoms with van der Waals surface area (Å²) in [4.78, 5) is 11.8. The Morgan fingerprint density at radius 3 is 2.04 bits per heavy atom. The summed E-state index contributed by atoms with van der Waals surface area (Å²) in [5.74, 6) is 0.286. The molecule has 0 aliphatic rings. The Kier molecular flexibility index (Phi) is 6.01. The average molecular weight is 378 g/mol. The molecule has 0 fully saturated rings. The predicted octanol–water partition coefficient (Wildman–Crippen LogP) is 2.68. The number of nitrogens with one attached hydrogen (secondary N) is 2. The minimum atomic E-state index is -3.96. The van der Waals surface area contributed by atoms with Crippen LogP contribution in [-0.4, -0.2) is 25.6 Å². The van der Waals surface area contributed by atoms with Gasteiger partial charge in [0.25, 0.3) is 5.91 Å². The fourth-order valence-corrected chi connectivity index (χ4v) is 3.62. The normalized spacial score (nSPS) is 13.1. The van der Waals surface area contributed by atoms with Crippen LogP contribution in [0, 0.1) is 5.41 Å². The van der Waals surface area contributed by atoms with Crippen molar-refractivity contribution < 1.29 is 23.2 Å². The molecule has 0 saturated carbocycles. The molecule has 2 aromatic rings. The van der Waals surface area contributed by atoms with E-state index in [0.29, 0.717) is 11.5 Å². The lowest BCUT2D eigenvalue weighted by atomic mass is 9.87. The molecule has 140 valence electrons. The van der Waals surface area contributed by atoms with E-state index < -0.39 is 27.4 Å². The Morgan fingerprint density at radius 1 is 1.00 bits per heavy atom. The van der Waals surface area contributed by atoms with Crippen molar-refractivity contribution >= 4 is 15.9 Å². The Morgan fingerprint density at radius 2 is 1.54 bits per heavy atom. The zero-order valence-corrected chi connectivity index (χ0v) is 15.6. The lowest BCUT2D eigenvalue weighted by Crippen LogP contribution is -2.52. The van der Waals surface area contributed by atoms with Gasteiger partial charge < -0.3 is 4.74 Å². The molecule has 3 N–H and O–H groups in total. The van der Waals surface area contributed by atoms with Crippen LogP contribution < -0.4 is 14.9 Å². The molecule has 0 heterocycles. The van der Waals surface area contributed by atoms with Crippen LogP contribution in [0.25, 0.3) is 0 Å². The van der Waals surface area contributed by atoms with Gasteiger partial charge in [0.15, 0.2) is 0 Å². The van der Waals surface area contributed by atoms with Crippen molar-refractivity contribution in [1.29, 1.82) is 0 Å². The highest BCUT2D eigenvalue weighted by Gasteiger charge is 2.35. The molecule has 1 atom stereocenters. The molecule has 26 heavy (non-hydrogen) atoms. The molecule has 7 nitrogen and oxygen atoms in total. The zero-order valence-electron chi connectivity index (χ0n) is 14.8. The summed E-state index contributed by atoms with van der Waals surface area (Å²) in [7, 11) is -3.96. The van der Waals surface area contributed by atoms with Gasteiger partial charge in [-0.05, 0) is 41.8 Å². The van der Waals surface area contributed by atoms with Crippen molar-refractivity contribution in [2.75, 3.05) is 0 Å². The third-order valence-corrected chi connectivity index (χ3v) is 5.06. The molecule has 0 unspecified atom stereocenters. The molecule has 0 spiro atoms. The van der Waals surface area contributed by atoms with Crippen molar-refractivity contribution in [3.63, 3.8) is 0 Å². The molecule has 1 amide bonds. The maximum atomic E-state index is 12.6. The second kappa shape index (κ2) is 7.86. The average Bonchev–Trinajstić information content (AvgIpc) is 2.59. The molecule has 2 aromatic carbocycles. The molecule has 0 aliphatic heterocycles. The number of rotatable bonds is 6. The molecule has 0 bridgehead atoms. The van der Waals surface area contributed by atoms with Crippen molar-refractivity contribution in [1.82, 2.24) is 10.2 Å². The predicted molar refractivity (Wildman–Crippen MR) is 96.5 cm³/mol. The van der Waals surface area contributed by atoms with Crippen LogP contribution in [0.15, 0.2) is 59.5 Å². The largest absolute Gasteiger partial charge is 0.457 e. The Labute approximate surface area is 153 Å². The van der Waals surface area contributed by atoms with Gasteiger partial charge in [0, 0.05) is 0 Å². The minimum Gasteiger partial charge on any atom is -0.457 e. The molecule has 0 aliphatic carbocycles. The summed E-state index contributed by atoms with van der Waals surface area (Å²) in [5.41, 5.74) is 0.756. The van der Waals surface area contributed by atoms with Crippen molar-refractivity contribution in [2.24, 2.45) is 5.41 Å². The first kappa shape index (κ1) is 19.9. The fraction of sp³-hybridized carbons (Fsp3) is 0.278.